The second-order valence-electron chi connectivity index (χ2n) is 6.54. The fraction of sp³-hybridized carbons (Fsp3) is 0.368. The summed E-state index contributed by atoms with van der Waals surface area (Å²) >= 11 is 0. The van der Waals surface area contributed by atoms with Crippen LogP contribution in [-0.4, -0.2) is 32.9 Å². The van der Waals surface area contributed by atoms with Crippen molar-refractivity contribution in [1.82, 2.24) is 5.32 Å². The lowest BCUT2D eigenvalue weighted by Crippen LogP contribution is -2.25. The Bertz CT molecular complexity index is 865. The van der Waals surface area contributed by atoms with Crippen molar-refractivity contribution in [1.29, 1.82) is 0 Å². The summed E-state index contributed by atoms with van der Waals surface area (Å²) in [6.45, 7) is 2.51. The Morgan fingerprint density at radius 2 is 1.67 bits per heavy atom. The van der Waals surface area contributed by atoms with Crippen LogP contribution >= 0.6 is 0 Å². The summed E-state index contributed by atoms with van der Waals surface area (Å²) in [7, 11) is -3.25. The van der Waals surface area contributed by atoms with Crippen LogP contribution in [0.1, 0.15) is 35.6 Å². The van der Waals surface area contributed by atoms with E-state index in [1.54, 1.807) is 24.3 Å². The molecule has 0 amide bonds. The van der Waals surface area contributed by atoms with Gasteiger partial charge in [-0.15, -0.1) is 0 Å². The average molecular weight is 401 g/mol. The van der Waals surface area contributed by atoms with Gasteiger partial charge in [0.1, 0.15) is 0 Å². The van der Waals surface area contributed by atoms with Gasteiger partial charge in [0.25, 0.3) is 0 Å². The minimum Gasteiger partial charge on any atom is -0.387 e. The molecule has 2 unspecified atom stereocenters. The predicted molar refractivity (Wildman–Crippen MR) is 97.2 cm³/mol. The lowest BCUT2D eigenvalue weighted by Gasteiger charge is -2.17. The molecule has 0 bridgehead atoms. The minimum absolute atomic E-state index is 0.0346. The van der Waals surface area contributed by atoms with Gasteiger partial charge in [0.05, 0.1) is 16.6 Å². The van der Waals surface area contributed by atoms with E-state index in [1.165, 1.54) is 12.1 Å². The highest BCUT2D eigenvalue weighted by Crippen LogP contribution is 2.30. The van der Waals surface area contributed by atoms with Crippen molar-refractivity contribution in [2.24, 2.45) is 0 Å². The molecule has 2 N–H and O–H groups in total. The molecule has 0 spiro atoms. The summed E-state index contributed by atoms with van der Waals surface area (Å²) in [6.07, 6.45) is -4.37. The molecule has 0 saturated heterocycles. The molecule has 2 aromatic carbocycles. The number of hydrogen-bond acceptors (Lipinski definition) is 4. The molecule has 0 aliphatic carbocycles. The highest BCUT2D eigenvalue weighted by Gasteiger charge is 2.30. The Labute approximate surface area is 157 Å². The van der Waals surface area contributed by atoms with Gasteiger partial charge in [-0.1, -0.05) is 31.2 Å². The summed E-state index contributed by atoms with van der Waals surface area (Å²) in [4.78, 5) is 0.242. The van der Waals surface area contributed by atoms with Gasteiger partial charge in [-0.2, -0.15) is 13.2 Å². The standard InChI is InChI=1S/C19H22F3NO3S/c1-13(14-6-8-17(9-7-14)27(2,25)26)11-23-12-18(24)15-4-3-5-16(10-15)19(20,21)22/h3-10,13,18,23-24H,11-12H2,1-2H3. The molecule has 0 radical (unpaired) electrons. The normalized spacial score (nSPS) is 14.7. The molecule has 0 aliphatic heterocycles. The third-order valence-corrected chi connectivity index (χ3v) is 5.39. The summed E-state index contributed by atoms with van der Waals surface area (Å²) in [5, 5.41) is 13.2. The second-order valence-corrected chi connectivity index (χ2v) is 8.56. The Morgan fingerprint density at radius 3 is 2.22 bits per heavy atom. The van der Waals surface area contributed by atoms with Gasteiger partial charge in [-0.25, -0.2) is 8.42 Å². The zero-order valence-electron chi connectivity index (χ0n) is 15.0. The molecule has 27 heavy (non-hydrogen) atoms. The maximum atomic E-state index is 12.7. The van der Waals surface area contributed by atoms with Crippen LogP contribution in [0.4, 0.5) is 13.2 Å². The average Bonchev–Trinajstić information content (AvgIpc) is 2.60. The number of hydrogen-bond donors (Lipinski definition) is 2. The maximum Gasteiger partial charge on any atom is 0.416 e. The molecule has 0 fully saturated rings. The molecular weight excluding hydrogens is 379 g/mol. The number of aliphatic hydroxyl groups excluding tert-OH is 1. The predicted octanol–water partition coefficient (Wildman–Crippen LogP) is 3.54. The number of halogens is 3. The molecule has 2 aromatic rings. The van der Waals surface area contributed by atoms with Crippen molar-refractivity contribution in [2.45, 2.75) is 30.0 Å². The van der Waals surface area contributed by atoms with E-state index >= 15 is 0 Å². The molecule has 0 heterocycles. The zero-order valence-corrected chi connectivity index (χ0v) is 15.8. The number of benzene rings is 2. The highest BCUT2D eigenvalue weighted by atomic mass is 32.2. The van der Waals surface area contributed by atoms with Crippen LogP contribution in [0.3, 0.4) is 0 Å². The molecule has 2 rings (SSSR count). The molecular formula is C19H22F3NO3S. The monoisotopic (exact) mass is 401 g/mol. The number of nitrogens with one attached hydrogen (secondary N) is 1. The lowest BCUT2D eigenvalue weighted by molar-refractivity contribution is -0.137. The molecule has 0 aromatic heterocycles. The first-order chi connectivity index (χ1) is 12.5. The van der Waals surface area contributed by atoms with Crippen molar-refractivity contribution < 1.29 is 26.7 Å². The first-order valence-corrected chi connectivity index (χ1v) is 10.2. The van der Waals surface area contributed by atoms with Crippen LogP contribution in [0, 0.1) is 0 Å². The smallest absolute Gasteiger partial charge is 0.387 e. The number of alkyl halides is 3. The van der Waals surface area contributed by atoms with Crippen molar-refractivity contribution >= 4 is 9.84 Å². The van der Waals surface area contributed by atoms with Crippen molar-refractivity contribution in [2.75, 3.05) is 19.3 Å². The van der Waals surface area contributed by atoms with Crippen molar-refractivity contribution in [3.63, 3.8) is 0 Å². The minimum atomic E-state index is -4.45. The van der Waals surface area contributed by atoms with E-state index in [4.69, 9.17) is 0 Å². The third-order valence-electron chi connectivity index (χ3n) is 4.26. The van der Waals surface area contributed by atoms with Gasteiger partial charge in [0, 0.05) is 19.3 Å². The van der Waals surface area contributed by atoms with Crippen LogP contribution in [0.2, 0.25) is 0 Å². The number of aliphatic hydroxyl groups is 1. The van der Waals surface area contributed by atoms with E-state index in [1.807, 2.05) is 6.92 Å². The van der Waals surface area contributed by atoms with Gasteiger partial charge in [-0.3, -0.25) is 0 Å². The van der Waals surface area contributed by atoms with Crippen LogP contribution < -0.4 is 5.32 Å². The molecule has 8 heteroatoms. The summed E-state index contributed by atoms with van der Waals surface area (Å²) in [5.74, 6) is 0.0346. The second kappa shape index (κ2) is 8.41. The van der Waals surface area contributed by atoms with Crippen LogP contribution in [0.25, 0.3) is 0 Å². The Kier molecular flexibility index (Phi) is 6.67. The zero-order chi connectivity index (χ0) is 20.2. The SMILES string of the molecule is CC(CNCC(O)c1cccc(C(F)(F)F)c1)c1ccc(S(C)(=O)=O)cc1. The fourth-order valence-electron chi connectivity index (χ4n) is 2.64. The van der Waals surface area contributed by atoms with Gasteiger partial charge in [-0.05, 0) is 41.3 Å². The maximum absolute atomic E-state index is 12.7. The fourth-order valence-corrected chi connectivity index (χ4v) is 3.27. The molecule has 2 atom stereocenters. The summed E-state index contributed by atoms with van der Waals surface area (Å²) in [5.41, 5.74) is 0.323. The van der Waals surface area contributed by atoms with Crippen LogP contribution in [0.15, 0.2) is 53.4 Å². The topological polar surface area (TPSA) is 66.4 Å². The van der Waals surface area contributed by atoms with Gasteiger partial charge in [0.15, 0.2) is 9.84 Å². The molecule has 148 valence electrons. The van der Waals surface area contributed by atoms with E-state index in [-0.39, 0.29) is 22.9 Å². The number of sulfone groups is 1. The Morgan fingerprint density at radius 1 is 1.04 bits per heavy atom. The molecule has 0 saturated carbocycles. The van der Waals surface area contributed by atoms with Crippen LogP contribution in [-0.2, 0) is 16.0 Å². The highest BCUT2D eigenvalue weighted by molar-refractivity contribution is 7.90. The quantitative estimate of drug-likeness (QED) is 0.745. The van der Waals surface area contributed by atoms with Crippen molar-refractivity contribution in [3.05, 3.63) is 65.2 Å². The molecule has 4 nitrogen and oxygen atoms in total. The Hall–Kier alpha value is -1.90. The van der Waals surface area contributed by atoms with Crippen LogP contribution in [0.5, 0.6) is 0 Å². The lowest BCUT2D eigenvalue weighted by atomic mass is 10.0. The first kappa shape index (κ1) is 21.4. The van der Waals surface area contributed by atoms with E-state index in [9.17, 15) is 26.7 Å². The first-order valence-electron chi connectivity index (χ1n) is 8.34. The van der Waals surface area contributed by atoms with E-state index in [0.29, 0.717) is 6.54 Å². The third kappa shape index (κ3) is 6.05. The molecule has 0 aliphatic rings. The summed E-state index contributed by atoms with van der Waals surface area (Å²) < 4.78 is 61.2. The van der Waals surface area contributed by atoms with E-state index < -0.39 is 27.7 Å². The van der Waals surface area contributed by atoms with E-state index in [2.05, 4.69) is 5.32 Å². The Balaban J connectivity index is 1.92. The van der Waals surface area contributed by atoms with Crippen molar-refractivity contribution in [3.8, 4) is 0 Å². The number of rotatable bonds is 7. The van der Waals surface area contributed by atoms with E-state index in [0.717, 1.165) is 24.0 Å². The van der Waals surface area contributed by atoms with Gasteiger partial charge in [0.2, 0.25) is 0 Å². The van der Waals surface area contributed by atoms with Gasteiger partial charge >= 0.3 is 6.18 Å². The largest absolute Gasteiger partial charge is 0.416 e. The summed E-state index contributed by atoms with van der Waals surface area (Å²) in [6, 6.07) is 11.2. The van der Waals surface area contributed by atoms with Gasteiger partial charge < -0.3 is 10.4 Å².